The number of aliphatic carboxylic acids is 1. The van der Waals surface area contributed by atoms with Gasteiger partial charge in [0.15, 0.2) is 0 Å². The Hall–Kier alpha value is -2.17. The van der Waals surface area contributed by atoms with Crippen LogP contribution in [0.25, 0.3) is 0 Å². The molecule has 1 fully saturated rings. The fourth-order valence-electron chi connectivity index (χ4n) is 3.46. The zero-order valence-electron chi connectivity index (χ0n) is 11.5. The topological polar surface area (TPSA) is 66.4 Å². The quantitative estimate of drug-likeness (QED) is 0.841. The van der Waals surface area contributed by atoms with Crippen LogP contribution in [0.1, 0.15) is 12.0 Å². The number of carboxylic acid groups (broad SMARTS) is 1. The number of aryl methyl sites for hydroxylation is 1. The molecule has 2 unspecified atom stereocenters. The van der Waals surface area contributed by atoms with Crippen molar-refractivity contribution in [2.45, 2.75) is 13.3 Å². The van der Waals surface area contributed by atoms with E-state index in [0.717, 1.165) is 6.42 Å². The lowest BCUT2D eigenvalue weighted by Gasteiger charge is -2.23. The summed E-state index contributed by atoms with van der Waals surface area (Å²) >= 11 is 0. The van der Waals surface area contributed by atoms with Crippen LogP contribution in [-0.4, -0.2) is 17.0 Å². The highest BCUT2D eigenvalue weighted by molar-refractivity contribution is 5.96. The lowest BCUT2D eigenvalue weighted by Crippen LogP contribution is -2.36. The summed E-state index contributed by atoms with van der Waals surface area (Å²) in [6.45, 7) is 1.62. The zero-order chi connectivity index (χ0) is 15.1. The van der Waals surface area contributed by atoms with Crippen LogP contribution in [0.5, 0.6) is 0 Å². The number of carboxylic acids is 1. The number of hydrogen-bond acceptors (Lipinski definition) is 2. The fraction of sp³-hybridized carbons (Fsp3) is 0.375. The molecule has 2 bridgehead atoms. The van der Waals surface area contributed by atoms with E-state index in [4.69, 9.17) is 0 Å². The summed E-state index contributed by atoms with van der Waals surface area (Å²) in [5, 5.41) is 12.1. The average Bonchev–Trinajstić information content (AvgIpc) is 3.03. The summed E-state index contributed by atoms with van der Waals surface area (Å²) in [5.41, 5.74) is 0.935. The molecule has 0 spiro atoms. The molecule has 1 aromatic rings. The van der Waals surface area contributed by atoms with Crippen molar-refractivity contribution in [1.29, 1.82) is 0 Å². The van der Waals surface area contributed by atoms with Gasteiger partial charge in [0.1, 0.15) is 5.82 Å². The van der Waals surface area contributed by atoms with Gasteiger partial charge in [-0.3, -0.25) is 9.59 Å². The molecule has 0 aromatic heterocycles. The van der Waals surface area contributed by atoms with Crippen LogP contribution < -0.4 is 5.32 Å². The Balaban J connectivity index is 1.80. The van der Waals surface area contributed by atoms with E-state index in [2.05, 4.69) is 5.32 Å². The molecule has 1 amide bonds. The Labute approximate surface area is 121 Å². The minimum atomic E-state index is -0.928. The highest BCUT2D eigenvalue weighted by Crippen LogP contribution is 2.48. The number of carbonyl (C=O) groups is 2. The number of anilines is 1. The smallest absolute Gasteiger partial charge is 0.307 e. The number of amides is 1. The second-order valence-corrected chi connectivity index (χ2v) is 5.79. The summed E-state index contributed by atoms with van der Waals surface area (Å²) in [5.74, 6) is -2.85. The molecule has 0 radical (unpaired) electrons. The molecule has 3 rings (SSSR count). The molecular weight excluding hydrogens is 273 g/mol. The first kappa shape index (κ1) is 13.8. The van der Waals surface area contributed by atoms with Crippen molar-refractivity contribution in [2.75, 3.05) is 5.32 Å². The van der Waals surface area contributed by atoms with E-state index in [-0.39, 0.29) is 23.6 Å². The molecule has 1 saturated carbocycles. The van der Waals surface area contributed by atoms with Gasteiger partial charge in [0.2, 0.25) is 5.91 Å². The van der Waals surface area contributed by atoms with E-state index < -0.39 is 17.8 Å². The summed E-state index contributed by atoms with van der Waals surface area (Å²) in [6.07, 6.45) is 4.55. The molecule has 4 nitrogen and oxygen atoms in total. The van der Waals surface area contributed by atoms with Gasteiger partial charge in [-0.1, -0.05) is 12.2 Å². The third-order valence-electron chi connectivity index (χ3n) is 4.47. The predicted molar refractivity (Wildman–Crippen MR) is 75.1 cm³/mol. The van der Waals surface area contributed by atoms with Crippen LogP contribution >= 0.6 is 0 Å². The molecule has 5 heteroatoms. The summed E-state index contributed by atoms with van der Waals surface area (Å²) in [7, 11) is 0. The Bertz CT molecular complexity index is 640. The van der Waals surface area contributed by atoms with Crippen LogP contribution in [-0.2, 0) is 9.59 Å². The first-order valence-corrected chi connectivity index (χ1v) is 6.95. The second-order valence-electron chi connectivity index (χ2n) is 5.79. The number of fused-ring (bicyclic) bond motifs is 2. The van der Waals surface area contributed by atoms with Gasteiger partial charge in [-0.2, -0.15) is 0 Å². The first-order valence-electron chi connectivity index (χ1n) is 6.95. The van der Waals surface area contributed by atoms with Gasteiger partial charge in [0.25, 0.3) is 0 Å². The Morgan fingerprint density at radius 3 is 2.52 bits per heavy atom. The lowest BCUT2D eigenvalue weighted by molar-refractivity contribution is -0.146. The summed E-state index contributed by atoms with van der Waals surface area (Å²) in [4.78, 5) is 23.8. The molecule has 2 aliphatic rings. The number of nitrogens with one attached hydrogen (secondary N) is 1. The monoisotopic (exact) mass is 289 g/mol. The Morgan fingerprint density at radius 1 is 1.24 bits per heavy atom. The van der Waals surface area contributed by atoms with Gasteiger partial charge in [0, 0.05) is 5.69 Å². The molecule has 2 aliphatic carbocycles. The Kier molecular flexibility index (Phi) is 3.27. The standard InChI is InChI=1S/C16H16FNO3/c1-8-6-11(4-5-12(8)17)18-15(19)13-9-2-3-10(7-9)14(13)16(20)21/h2-6,9-10,13-14H,7H2,1H3,(H,18,19)(H,20,21)/t9?,10?,13-,14+/m0/s1. The van der Waals surface area contributed by atoms with Crippen molar-refractivity contribution >= 4 is 17.6 Å². The van der Waals surface area contributed by atoms with E-state index in [0.29, 0.717) is 11.3 Å². The lowest BCUT2D eigenvalue weighted by atomic mass is 9.82. The minimum absolute atomic E-state index is 0.0161. The van der Waals surface area contributed by atoms with Crippen molar-refractivity contribution in [1.82, 2.24) is 0 Å². The van der Waals surface area contributed by atoms with E-state index in [9.17, 15) is 19.1 Å². The third kappa shape index (κ3) is 2.33. The average molecular weight is 289 g/mol. The highest BCUT2D eigenvalue weighted by atomic mass is 19.1. The number of halogens is 1. The molecule has 0 saturated heterocycles. The predicted octanol–water partition coefficient (Wildman–Crippen LogP) is 2.60. The van der Waals surface area contributed by atoms with Gasteiger partial charge in [-0.25, -0.2) is 4.39 Å². The molecule has 21 heavy (non-hydrogen) atoms. The Morgan fingerprint density at radius 2 is 1.90 bits per heavy atom. The SMILES string of the molecule is Cc1cc(NC(=O)[C@H]2C3C=CC(C3)[C@H]2C(=O)O)ccc1F. The fourth-order valence-corrected chi connectivity index (χ4v) is 3.46. The van der Waals surface area contributed by atoms with E-state index >= 15 is 0 Å². The molecule has 0 aliphatic heterocycles. The number of hydrogen-bond donors (Lipinski definition) is 2. The molecule has 1 aromatic carbocycles. The third-order valence-corrected chi connectivity index (χ3v) is 4.47. The van der Waals surface area contributed by atoms with E-state index in [1.807, 2.05) is 12.2 Å². The van der Waals surface area contributed by atoms with Gasteiger partial charge in [0.05, 0.1) is 11.8 Å². The molecule has 2 N–H and O–H groups in total. The van der Waals surface area contributed by atoms with E-state index in [1.165, 1.54) is 12.1 Å². The summed E-state index contributed by atoms with van der Waals surface area (Å²) < 4.78 is 13.2. The van der Waals surface area contributed by atoms with Crippen molar-refractivity contribution in [2.24, 2.45) is 23.7 Å². The van der Waals surface area contributed by atoms with Gasteiger partial charge < -0.3 is 10.4 Å². The highest BCUT2D eigenvalue weighted by Gasteiger charge is 2.51. The maximum atomic E-state index is 13.2. The number of rotatable bonds is 3. The molecule has 0 heterocycles. The van der Waals surface area contributed by atoms with Crippen LogP contribution in [0.15, 0.2) is 30.4 Å². The first-order chi connectivity index (χ1) is 9.97. The van der Waals surface area contributed by atoms with Gasteiger partial charge >= 0.3 is 5.97 Å². The zero-order valence-corrected chi connectivity index (χ0v) is 11.5. The van der Waals surface area contributed by atoms with Crippen molar-refractivity contribution < 1.29 is 19.1 Å². The number of allylic oxidation sites excluding steroid dienone is 2. The number of carbonyl (C=O) groups excluding carboxylic acids is 1. The van der Waals surface area contributed by atoms with Crippen LogP contribution in [0.3, 0.4) is 0 Å². The van der Waals surface area contributed by atoms with E-state index in [1.54, 1.807) is 13.0 Å². The number of benzene rings is 1. The van der Waals surface area contributed by atoms with Gasteiger partial charge in [-0.05, 0) is 48.9 Å². The molecular formula is C16H16FNO3. The normalized spacial score (nSPS) is 29.6. The minimum Gasteiger partial charge on any atom is -0.481 e. The maximum Gasteiger partial charge on any atom is 0.307 e. The maximum absolute atomic E-state index is 13.2. The van der Waals surface area contributed by atoms with Gasteiger partial charge in [-0.15, -0.1) is 0 Å². The summed E-state index contributed by atoms with van der Waals surface area (Å²) in [6, 6.07) is 4.32. The van der Waals surface area contributed by atoms with Crippen LogP contribution in [0, 0.1) is 36.4 Å². The molecule has 110 valence electrons. The van der Waals surface area contributed by atoms with Crippen molar-refractivity contribution in [3.8, 4) is 0 Å². The van der Waals surface area contributed by atoms with Crippen molar-refractivity contribution in [3.63, 3.8) is 0 Å². The van der Waals surface area contributed by atoms with Crippen LogP contribution in [0.4, 0.5) is 10.1 Å². The molecule has 4 atom stereocenters. The van der Waals surface area contributed by atoms with Crippen LogP contribution in [0.2, 0.25) is 0 Å². The van der Waals surface area contributed by atoms with Crippen molar-refractivity contribution in [3.05, 3.63) is 41.7 Å². The largest absolute Gasteiger partial charge is 0.481 e. The second kappa shape index (κ2) is 4.98.